The average molecular weight is 292 g/mol. The first kappa shape index (κ1) is 14.8. The number of esters is 1. The maximum absolute atomic E-state index is 11.8. The van der Waals surface area contributed by atoms with E-state index in [1.54, 1.807) is 0 Å². The average Bonchev–Trinajstić information content (AvgIpc) is 2.62. The van der Waals surface area contributed by atoms with E-state index >= 15 is 0 Å². The van der Waals surface area contributed by atoms with Gasteiger partial charge in [0.1, 0.15) is 0 Å². The summed E-state index contributed by atoms with van der Waals surface area (Å²) < 4.78 is 74.4. The number of imidazole rings is 1. The summed E-state index contributed by atoms with van der Waals surface area (Å²) in [6.45, 7) is 0. The van der Waals surface area contributed by atoms with E-state index in [0.717, 1.165) is 0 Å². The van der Waals surface area contributed by atoms with Gasteiger partial charge < -0.3 is 9.57 Å². The number of ether oxygens (including phenoxy) is 1. The second-order valence-electron chi connectivity index (χ2n) is 2.80. The van der Waals surface area contributed by atoms with Gasteiger partial charge in [-0.2, -0.15) is 26.3 Å². The molecule has 0 unspecified atom stereocenters. The minimum Gasteiger partial charge on any atom is -0.383 e. The Hall–Kier alpha value is -2.27. The van der Waals surface area contributed by atoms with Gasteiger partial charge in [-0.05, 0) is 0 Å². The van der Waals surface area contributed by atoms with Crippen molar-refractivity contribution in [2.45, 2.75) is 12.4 Å². The van der Waals surface area contributed by atoms with Gasteiger partial charge in [0.25, 0.3) is 0 Å². The first-order chi connectivity index (χ1) is 8.51. The summed E-state index contributed by atoms with van der Waals surface area (Å²) >= 11 is 0. The number of carbonyl (C=O) groups excluding carboxylic acids is 2. The van der Waals surface area contributed by atoms with Gasteiger partial charge >= 0.3 is 30.3 Å². The molecule has 0 N–H and O–H groups in total. The van der Waals surface area contributed by atoms with Crippen LogP contribution < -0.4 is 9.57 Å². The molecule has 19 heavy (non-hydrogen) atoms. The van der Waals surface area contributed by atoms with Gasteiger partial charge in [0, 0.05) is 0 Å². The molecule has 12 heteroatoms. The molecule has 0 radical (unpaired) electrons. The van der Waals surface area contributed by atoms with Crippen LogP contribution in [0.4, 0.5) is 26.3 Å². The van der Waals surface area contributed by atoms with Crippen molar-refractivity contribution in [1.29, 1.82) is 0 Å². The Morgan fingerprint density at radius 3 is 2.05 bits per heavy atom. The van der Waals surface area contributed by atoms with Crippen molar-refractivity contribution < 1.29 is 45.5 Å². The van der Waals surface area contributed by atoms with Crippen LogP contribution in [-0.4, -0.2) is 34.0 Å². The van der Waals surface area contributed by atoms with Crippen molar-refractivity contribution in [3.63, 3.8) is 0 Å². The number of rotatable bonds is 2. The van der Waals surface area contributed by atoms with Gasteiger partial charge in [-0.25, -0.2) is 14.6 Å². The summed E-state index contributed by atoms with van der Waals surface area (Å²) in [6.07, 6.45) is -9.56. The van der Waals surface area contributed by atoms with Gasteiger partial charge in [-0.1, -0.05) is 0 Å². The van der Waals surface area contributed by atoms with Gasteiger partial charge in [0.05, 0.1) is 12.4 Å². The highest BCUT2D eigenvalue weighted by molar-refractivity contribution is 5.78. The predicted octanol–water partition coefficient (Wildman–Crippen LogP) is 0.868. The lowest BCUT2D eigenvalue weighted by atomic mass is 10.7. The van der Waals surface area contributed by atoms with Crippen LogP contribution in [0, 0.1) is 0 Å². The second kappa shape index (κ2) is 4.78. The zero-order chi connectivity index (χ0) is 14.8. The van der Waals surface area contributed by atoms with Crippen molar-refractivity contribution in [3.8, 4) is 6.01 Å². The predicted molar refractivity (Wildman–Crippen MR) is 41.6 cm³/mol. The van der Waals surface area contributed by atoms with Crippen LogP contribution in [0.25, 0.3) is 0 Å². The van der Waals surface area contributed by atoms with Crippen molar-refractivity contribution in [2.24, 2.45) is 0 Å². The Morgan fingerprint density at radius 1 is 1.05 bits per heavy atom. The summed E-state index contributed by atoms with van der Waals surface area (Å²) in [5.74, 6) is -5.46. The molecule has 0 fully saturated rings. The molecule has 1 heterocycles. The summed E-state index contributed by atoms with van der Waals surface area (Å²) in [4.78, 5) is 27.4. The number of alkyl halides is 6. The lowest BCUT2D eigenvalue weighted by molar-refractivity contribution is -0.202. The van der Waals surface area contributed by atoms with Crippen molar-refractivity contribution in [3.05, 3.63) is 12.4 Å². The van der Waals surface area contributed by atoms with E-state index < -0.39 is 30.3 Å². The molecule has 106 valence electrons. The minimum absolute atomic E-state index is 0.167. The van der Waals surface area contributed by atoms with Crippen LogP contribution in [0.1, 0.15) is 0 Å². The van der Waals surface area contributed by atoms with Gasteiger partial charge in [0.2, 0.25) is 0 Å². The normalized spacial score (nSPS) is 12.1. The van der Waals surface area contributed by atoms with E-state index in [9.17, 15) is 35.9 Å². The molecule has 6 nitrogen and oxygen atoms in total. The molecule has 0 spiro atoms. The molecule has 1 aromatic heterocycles. The Bertz CT molecular complexity index is 448. The molecule has 0 aromatic carbocycles. The van der Waals surface area contributed by atoms with Crippen LogP contribution in [0.2, 0.25) is 0 Å². The fourth-order valence-electron chi connectivity index (χ4n) is 0.701. The number of halogens is 6. The number of nitrogens with zero attached hydrogens (tertiary/aromatic N) is 2. The molecule has 0 amide bonds. The Labute approximate surface area is 99.0 Å². The zero-order valence-electron chi connectivity index (χ0n) is 8.45. The van der Waals surface area contributed by atoms with E-state index in [2.05, 4.69) is 14.6 Å². The summed E-state index contributed by atoms with van der Waals surface area (Å²) in [7, 11) is 0. The molecule has 0 aliphatic rings. The van der Waals surface area contributed by atoms with Crippen LogP contribution in [-0.2, 0) is 9.59 Å². The Kier molecular flexibility index (Phi) is 3.72. The third-order valence-corrected chi connectivity index (χ3v) is 1.40. The SMILES string of the molecule is O=C(Oc1nccn1OC(=O)C(F)(F)F)C(F)(F)F. The molecule has 1 rings (SSSR count). The molecular weight excluding hydrogens is 290 g/mol. The summed E-state index contributed by atoms with van der Waals surface area (Å²) in [5.41, 5.74) is 0. The number of hydrogen-bond donors (Lipinski definition) is 0. The summed E-state index contributed by atoms with van der Waals surface area (Å²) in [6, 6.07) is -1.28. The topological polar surface area (TPSA) is 70.4 Å². The molecular formula is C7H2F6N2O4. The van der Waals surface area contributed by atoms with Crippen molar-refractivity contribution in [2.75, 3.05) is 0 Å². The third kappa shape index (κ3) is 3.86. The first-order valence-corrected chi connectivity index (χ1v) is 4.13. The molecule has 0 saturated heterocycles. The van der Waals surface area contributed by atoms with Crippen LogP contribution in [0.3, 0.4) is 0 Å². The van der Waals surface area contributed by atoms with Crippen LogP contribution in [0.15, 0.2) is 12.4 Å². The minimum atomic E-state index is -5.38. The number of aromatic nitrogens is 2. The van der Waals surface area contributed by atoms with Gasteiger partial charge in [-0.15, -0.1) is 4.73 Å². The van der Waals surface area contributed by atoms with E-state index in [1.165, 1.54) is 0 Å². The van der Waals surface area contributed by atoms with Gasteiger partial charge in [-0.3, -0.25) is 0 Å². The van der Waals surface area contributed by atoms with E-state index in [1.807, 2.05) is 0 Å². The van der Waals surface area contributed by atoms with Gasteiger partial charge in [0.15, 0.2) is 0 Å². The molecule has 0 atom stereocenters. The highest BCUT2D eigenvalue weighted by Crippen LogP contribution is 2.20. The first-order valence-electron chi connectivity index (χ1n) is 4.13. The summed E-state index contributed by atoms with van der Waals surface area (Å²) in [5, 5.41) is 0. The Morgan fingerprint density at radius 2 is 1.58 bits per heavy atom. The fraction of sp³-hybridized carbons (Fsp3) is 0.286. The fourth-order valence-corrected chi connectivity index (χ4v) is 0.701. The zero-order valence-corrected chi connectivity index (χ0v) is 8.45. The molecule has 1 aromatic rings. The highest BCUT2D eigenvalue weighted by atomic mass is 19.4. The molecule has 0 saturated carbocycles. The van der Waals surface area contributed by atoms with Crippen LogP contribution >= 0.6 is 0 Å². The van der Waals surface area contributed by atoms with Crippen molar-refractivity contribution in [1.82, 2.24) is 9.71 Å². The smallest absolute Gasteiger partial charge is 0.383 e. The third-order valence-electron chi connectivity index (χ3n) is 1.40. The lowest BCUT2D eigenvalue weighted by Gasteiger charge is -2.09. The highest BCUT2D eigenvalue weighted by Gasteiger charge is 2.44. The standard InChI is InChI=1S/C7H2F6N2O4/c8-6(9,10)3(16)18-5-14-1-2-15(5)19-4(17)7(11,12)13/h1-2H. The molecule has 0 aliphatic carbocycles. The van der Waals surface area contributed by atoms with E-state index in [0.29, 0.717) is 12.4 Å². The van der Waals surface area contributed by atoms with Crippen LogP contribution in [0.5, 0.6) is 6.01 Å². The van der Waals surface area contributed by atoms with Crippen molar-refractivity contribution >= 4 is 11.9 Å². The molecule has 0 aliphatic heterocycles. The quantitative estimate of drug-likeness (QED) is 0.597. The van der Waals surface area contributed by atoms with E-state index in [-0.39, 0.29) is 4.73 Å². The maximum atomic E-state index is 11.8. The lowest BCUT2D eigenvalue weighted by Crippen LogP contribution is -2.34. The number of hydrogen-bond acceptors (Lipinski definition) is 5. The molecule has 0 bridgehead atoms. The monoisotopic (exact) mass is 292 g/mol. The largest absolute Gasteiger partial charge is 0.493 e. The number of carbonyl (C=O) groups is 2. The Balaban J connectivity index is 2.82. The maximum Gasteiger partial charge on any atom is 0.493 e. The van der Waals surface area contributed by atoms with E-state index in [4.69, 9.17) is 0 Å². The second-order valence-corrected chi connectivity index (χ2v) is 2.80.